The van der Waals surface area contributed by atoms with Gasteiger partial charge in [0.25, 0.3) is 0 Å². The van der Waals surface area contributed by atoms with Gasteiger partial charge in [-0.05, 0) is 26.0 Å². The largest absolute Gasteiger partial charge is 0.496 e. The van der Waals surface area contributed by atoms with E-state index < -0.39 is 4.87 Å². The zero-order valence-corrected chi connectivity index (χ0v) is 9.97. The normalized spacial score (nSPS) is 11.2. The van der Waals surface area contributed by atoms with Crippen molar-refractivity contribution in [2.45, 2.75) is 25.1 Å². The van der Waals surface area contributed by atoms with Crippen molar-refractivity contribution in [3.63, 3.8) is 0 Å². The van der Waals surface area contributed by atoms with Crippen molar-refractivity contribution in [3.05, 3.63) is 29.8 Å². The molecule has 1 aromatic rings. The Balaban J connectivity index is 2.91. The van der Waals surface area contributed by atoms with Crippen LogP contribution in [0.25, 0.3) is 0 Å². The van der Waals surface area contributed by atoms with E-state index in [0.717, 1.165) is 0 Å². The molecule has 0 spiro atoms. The monoisotopic (exact) mass is 226 g/mol. The van der Waals surface area contributed by atoms with Crippen LogP contribution < -0.4 is 4.74 Å². The number of benzene rings is 1. The summed E-state index contributed by atoms with van der Waals surface area (Å²) < 4.78 is 5.12. The number of halogens is 1. The first-order valence-corrected chi connectivity index (χ1v) is 5.17. The van der Waals surface area contributed by atoms with Crippen molar-refractivity contribution in [1.29, 1.82) is 0 Å². The summed E-state index contributed by atoms with van der Waals surface area (Å²) in [5, 5.41) is 0. The Hall–Kier alpha value is -1.02. The minimum Gasteiger partial charge on any atom is -0.496 e. The number of Topliss-reactive ketones (excluding diaryl/α,β-unsaturated/α-hetero) is 1. The van der Waals surface area contributed by atoms with Gasteiger partial charge in [-0.25, -0.2) is 0 Å². The lowest BCUT2D eigenvalue weighted by Gasteiger charge is -2.15. The van der Waals surface area contributed by atoms with Crippen molar-refractivity contribution in [1.82, 2.24) is 0 Å². The Kier molecular flexibility index (Phi) is 3.75. The summed E-state index contributed by atoms with van der Waals surface area (Å²) in [4.78, 5) is 11.4. The molecule has 0 amide bonds. The fourth-order valence-corrected chi connectivity index (χ4v) is 1.47. The predicted molar refractivity (Wildman–Crippen MR) is 61.9 cm³/mol. The molecule has 15 heavy (non-hydrogen) atoms. The van der Waals surface area contributed by atoms with Crippen LogP contribution in [-0.4, -0.2) is 17.8 Å². The molecule has 0 heterocycles. The minimum atomic E-state index is -0.516. The van der Waals surface area contributed by atoms with Gasteiger partial charge in [-0.2, -0.15) is 0 Å². The summed E-state index contributed by atoms with van der Waals surface area (Å²) in [5.41, 5.74) is 0.591. The van der Waals surface area contributed by atoms with Crippen LogP contribution in [0.3, 0.4) is 0 Å². The van der Waals surface area contributed by atoms with E-state index >= 15 is 0 Å². The molecule has 0 atom stereocenters. The first-order valence-electron chi connectivity index (χ1n) is 4.79. The number of hydrogen-bond acceptors (Lipinski definition) is 2. The van der Waals surface area contributed by atoms with E-state index in [9.17, 15) is 4.79 Å². The fraction of sp³-hybridized carbons (Fsp3) is 0.417. The summed E-state index contributed by atoms with van der Waals surface area (Å²) in [7, 11) is 1.55. The van der Waals surface area contributed by atoms with Crippen LogP contribution in [0.2, 0.25) is 0 Å². The van der Waals surface area contributed by atoms with Crippen LogP contribution >= 0.6 is 11.6 Å². The highest BCUT2D eigenvalue weighted by molar-refractivity contribution is 6.25. The maximum absolute atomic E-state index is 11.9. The predicted octanol–water partition coefficient (Wildman–Crippen LogP) is 3.29. The molecule has 0 saturated carbocycles. The smallest absolute Gasteiger partial charge is 0.168 e. The van der Waals surface area contributed by atoms with E-state index in [1.807, 2.05) is 26.0 Å². The van der Waals surface area contributed by atoms with E-state index in [1.54, 1.807) is 19.2 Å². The van der Waals surface area contributed by atoms with Gasteiger partial charge in [-0.1, -0.05) is 12.1 Å². The molecule has 0 fully saturated rings. The molecule has 0 aliphatic carbocycles. The van der Waals surface area contributed by atoms with Crippen LogP contribution in [-0.2, 0) is 0 Å². The molecule has 1 rings (SSSR count). The second-order valence-electron chi connectivity index (χ2n) is 4.02. The zero-order chi connectivity index (χ0) is 11.5. The molecular formula is C12H15ClO2. The molecule has 3 heteroatoms. The Bertz CT molecular complexity index is 353. The molecule has 0 saturated heterocycles. The van der Waals surface area contributed by atoms with Crippen LogP contribution in [0.5, 0.6) is 5.75 Å². The molecule has 0 aliphatic rings. The van der Waals surface area contributed by atoms with Gasteiger partial charge in [-0.15, -0.1) is 11.6 Å². The molecule has 1 aromatic carbocycles. The van der Waals surface area contributed by atoms with Crippen LogP contribution in [0.1, 0.15) is 30.6 Å². The van der Waals surface area contributed by atoms with Gasteiger partial charge in [0.1, 0.15) is 5.75 Å². The second kappa shape index (κ2) is 4.67. The van der Waals surface area contributed by atoms with E-state index in [-0.39, 0.29) is 5.78 Å². The third kappa shape index (κ3) is 3.56. The first kappa shape index (κ1) is 12.1. The molecule has 0 unspecified atom stereocenters. The molecule has 0 radical (unpaired) electrons. The lowest BCUT2D eigenvalue weighted by Crippen LogP contribution is -2.17. The molecule has 0 aromatic heterocycles. The van der Waals surface area contributed by atoms with Gasteiger partial charge in [0, 0.05) is 11.3 Å². The number of ether oxygens (including phenoxy) is 1. The average Bonchev–Trinajstić information content (AvgIpc) is 2.15. The molecule has 82 valence electrons. The Morgan fingerprint density at radius 1 is 1.40 bits per heavy atom. The van der Waals surface area contributed by atoms with Crippen molar-refractivity contribution in [2.75, 3.05) is 7.11 Å². The maximum atomic E-state index is 11.9. The highest BCUT2D eigenvalue weighted by Gasteiger charge is 2.21. The highest BCUT2D eigenvalue weighted by atomic mass is 35.5. The minimum absolute atomic E-state index is 0.00690. The number of methoxy groups -OCH3 is 1. The average molecular weight is 227 g/mol. The van der Waals surface area contributed by atoms with Gasteiger partial charge in [-0.3, -0.25) is 4.79 Å². The summed E-state index contributed by atoms with van der Waals surface area (Å²) in [6.45, 7) is 3.64. The molecule has 2 nitrogen and oxygen atoms in total. The summed E-state index contributed by atoms with van der Waals surface area (Å²) >= 11 is 6.01. The lowest BCUT2D eigenvalue weighted by atomic mass is 10.00. The molecule has 0 bridgehead atoms. The molecular weight excluding hydrogens is 212 g/mol. The fourth-order valence-electron chi connectivity index (χ4n) is 1.35. The van der Waals surface area contributed by atoms with E-state index in [1.165, 1.54) is 0 Å². The third-order valence-electron chi connectivity index (χ3n) is 1.99. The van der Waals surface area contributed by atoms with Crippen molar-refractivity contribution in [3.8, 4) is 5.75 Å². The number of alkyl halides is 1. The number of ketones is 1. The van der Waals surface area contributed by atoms with Gasteiger partial charge in [0.15, 0.2) is 5.78 Å². The van der Waals surface area contributed by atoms with Crippen LogP contribution in [0.4, 0.5) is 0 Å². The molecule has 0 N–H and O–H groups in total. The number of carbonyl (C=O) groups excluding carboxylic acids is 1. The summed E-state index contributed by atoms with van der Waals surface area (Å²) in [6.07, 6.45) is 0.301. The number of hydrogen-bond donors (Lipinski definition) is 0. The summed E-state index contributed by atoms with van der Waals surface area (Å²) in [5.74, 6) is 0.607. The Morgan fingerprint density at radius 2 is 2.00 bits per heavy atom. The van der Waals surface area contributed by atoms with E-state index in [2.05, 4.69) is 0 Å². The van der Waals surface area contributed by atoms with Gasteiger partial charge >= 0.3 is 0 Å². The molecule has 0 aliphatic heterocycles. The first-order chi connectivity index (χ1) is 6.94. The van der Waals surface area contributed by atoms with E-state index in [0.29, 0.717) is 17.7 Å². The third-order valence-corrected chi connectivity index (χ3v) is 2.12. The van der Waals surface area contributed by atoms with Gasteiger partial charge < -0.3 is 4.74 Å². The Morgan fingerprint density at radius 3 is 2.53 bits per heavy atom. The maximum Gasteiger partial charge on any atom is 0.168 e. The van der Waals surface area contributed by atoms with Gasteiger partial charge in [0.2, 0.25) is 0 Å². The van der Waals surface area contributed by atoms with Crippen LogP contribution in [0, 0.1) is 0 Å². The van der Waals surface area contributed by atoms with Crippen molar-refractivity contribution < 1.29 is 9.53 Å². The van der Waals surface area contributed by atoms with Crippen molar-refractivity contribution in [2.24, 2.45) is 0 Å². The SMILES string of the molecule is COc1ccccc1C(=O)CC(C)(C)Cl. The lowest BCUT2D eigenvalue weighted by molar-refractivity contribution is 0.0970. The quantitative estimate of drug-likeness (QED) is 0.582. The van der Waals surface area contributed by atoms with Gasteiger partial charge in [0.05, 0.1) is 12.7 Å². The van der Waals surface area contributed by atoms with E-state index in [4.69, 9.17) is 16.3 Å². The summed E-state index contributed by atoms with van der Waals surface area (Å²) in [6, 6.07) is 7.18. The number of para-hydroxylation sites is 1. The highest BCUT2D eigenvalue weighted by Crippen LogP contribution is 2.25. The zero-order valence-electron chi connectivity index (χ0n) is 9.21. The number of carbonyl (C=O) groups is 1. The Labute approximate surface area is 95.2 Å². The van der Waals surface area contributed by atoms with Crippen molar-refractivity contribution >= 4 is 17.4 Å². The second-order valence-corrected chi connectivity index (χ2v) is 5.04. The standard InChI is InChI=1S/C12H15ClO2/c1-12(2,13)8-10(14)9-6-4-5-7-11(9)15-3/h4-7H,8H2,1-3H3. The topological polar surface area (TPSA) is 26.3 Å². The van der Waals surface area contributed by atoms with Crippen LogP contribution in [0.15, 0.2) is 24.3 Å². The number of rotatable bonds is 4.